The van der Waals surface area contributed by atoms with Gasteiger partial charge in [0.05, 0.1) is 0 Å². The molecule has 3 heterocycles. The Morgan fingerprint density at radius 3 is 3.07 bits per heavy atom. The Bertz CT molecular complexity index is 492. The maximum absolute atomic E-state index is 5.33. The molecular weight excluding hydrogens is 192 g/mol. The van der Waals surface area contributed by atoms with E-state index in [-0.39, 0.29) is 0 Å². The van der Waals surface area contributed by atoms with Gasteiger partial charge in [0, 0.05) is 31.4 Å². The quantitative estimate of drug-likeness (QED) is 0.752. The molecule has 0 saturated carbocycles. The Kier molecular flexibility index (Phi) is 1.70. The average Bonchev–Trinajstić information content (AvgIpc) is 2.81. The van der Waals surface area contributed by atoms with E-state index in [4.69, 9.17) is 4.52 Å². The highest BCUT2D eigenvalue weighted by molar-refractivity contribution is 5.58. The Morgan fingerprint density at radius 1 is 1.47 bits per heavy atom. The van der Waals surface area contributed by atoms with Gasteiger partial charge in [-0.3, -0.25) is 4.68 Å². The molecule has 0 fully saturated rings. The molecule has 0 aromatic carbocycles. The topological polar surface area (TPSA) is 55.9 Å². The zero-order chi connectivity index (χ0) is 10.4. The molecule has 3 rings (SSSR count). The summed E-state index contributed by atoms with van der Waals surface area (Å²) < 4.78 is 7.17. The summed E-state index contributed by atoms with van der Waals surface area (Å²) in [4.78, 5) is 0. The minimum atomic E-state index is 0.796. The number of nitrogens with one attached hydrogen (secondary N) is 1. The lowest BCUT2D eigenvalue weighted by Gasteiger charge is -1.92. The molecule has 15 heavy (non-hydrogen) atoms. The van der Waals surface area contributed by atoms with Gasteiger partial charge >= 0.3 is 0 Å². The normalized spacial score (nSPS) is 14.5. The molecule has 0 aliphatic carbocycles. The van der Waals surface area contributed by atoms with Crippen LogP contribution < -0.4 is 5.32 Å². The van der Waals surface area contributed by atoms with Crippen molar-refractivity contribution < 1.29 is 4.52 Å². The Balaban J connectivity index is 2.12. The second kappa shape index (κ2) is 2.93. The second-order valence-corrected chi connectivity index (χ2v) is 3.84. The third-order valence-corrected chi connectivity index (χ3v) is 2.81. The lowest BCUT2D eigenvalue weighted by atomic mass is 10.2. The lowest BCUT2D eigenvalue weighted by Crippen LogP contribution is -2.02. The summed E-state index contributed by atoms with van der Waals surface area (Å²) in [5, 5.41) is 11.7. The van der Waals surface area contributed by atoms with Gasteiger partial charge in [0.25, 0.3) is 0 Å². The molecule has 1 aliphatic rings. The van der Waals surface area contributed by atoms with Gasteiger partial charge in [-0.25, -0.2) is 0 Å². The van der Waals surface area contributed by atoms with E-state index in [1.807, 2.05) is 24.7 Å². The number of hydrogen-bond acceptors (Lipinski definition) is 4. The summed E-state index contributed by atoms with van der Waals surface area (Å²) in [7, 11) is 1.92. The summed E-state index contributed by atoms with van der Waals surface area (Å²) in [6, 6.07) is 2.01. The molecule has 0 atom stereocenters. The first-order valence-electron chi connectivity index (χ1n) is 4.95. The standard InChI is InChI=1S/C10H12N4O/c1-6-3-8(12-14(6)2)10-7-4-11-5-9(7)13-15-10/h3,11H,4-5H2,1-2H3. The van der Waals surface area contributed by atoms with Gasteiger partial charge in [0.1, 0.15) is 11.4 Å². The van der Waals surface area contributed by atoms with E-state index in [0.717, 1.165) is 41.5 Å². The van der Waals surface area contributed by atoms with Crippen molar-refractivity contribution in [1.29, 1.82) is 0 Å². The molecule has 0 bridgehead atoms. The van der Waals surface area contributed by atoms with Crippen LogP contribution in [0, 0.1) is 6.92 Å². The van der Waals surface area contributed by atoms with Crippen LogP contribution >= 0.6 is 0 Å². The summed E-state index contributed by atoms with van der Waals surface area (Å²) in [5.41, 5.74) is 4.13. The first kappa shape index (κ1) is 8.67. The predicted octanol–water partition coefficient (Wildman–Crippen LogP) is 0.987. The van der Waals surface area contributed by atoms with Crippen LogP contribution in [-0.4, -0.2) is 14.9 Å². The second-order valence-electron chi connectivity index (χ2n) is 3.84. The van der Waals surface area contributed by atoms with Gasteiger partial charge in [-0.2, -0.15) is 5.10 Å². The minimum Gasteiger partial charge on any atom is -0.354 e. The van der Waals surface area contributed by atoms with E-state index >= 15 is 0 Å². The van der Waals surface area contributed by atoms with Crippen molar-refractivity contribution in [3.63, 3.8) is 0 Å². The smallest absolute Gasteiger partial charge is 0.191 e. The molecule has 2 aromatic rings. The number of rotatable bonds is 1. The molecular formula is C10H12N4O. The summed E-state index contributed by atoms with van der Waals surface area (Å²) in [6.07, 6.45) is 0. The van der Waals surface area contributed by atoms with Gasteiger partial charge in [-0.1, -0.05) is 5.16 Å². The maximum atomic E-state index is 5.33. The van der Waals surface area contributed by atoms with Crippen molar-refractivity contribution >= 4 is 0 Å². The van der Waals surface area contributed by atoms with Gasteiger partial charge < -0.3 is 9.84 Å². The summed E-state index contributed by atoms with van der Waals surface area (Å²) in [6.45, 7) is 3.64. The third-order valence-electron chi connectivity index (χ3n) is 2.81. The zero-order valence-corrected chi connectivity index (χ0v) is 8.74. The van der Waals surface area contributed by atoms with Gasteiger partial charge in [0.15, 0.2) is 5.76 Å². The molecule has 1 N–H and O–H groups in total. The van der Waals surface area contributed by atoms with E-state index in [2.05, 4.69) is 15.6 Å². The van der Waals surface area contributed by atoms with Crippen molar-refractivity contribution in [2.24, 2.45) is 7.05 Å². The van der Waals surface area contributed by atoms with E-state index in [9.17, 15) is 0 Å². The fourth-order valence-electron chi connectivity index (χ4n) is 1.84. The summed E-state index contributed by atoms with van der Waals surface area (Å²) >= 11 is 0. The fourth-order valence-corrected chi connectivity index (χ4v) is 1.84. The molecule has 0 amide bonds. The van der Waals surface area contributed by atoms with Crippen LogP contribution in [-0.2, 0) is 20.1 Å². The van der Waals surface area contributed by atoms with Gasteiger partial charge in [-0.05, 0) is 13.0 Å². The van der Waals surface area contributed by atoms with E-state index < -0.39 is 0 Å². The highest BCUT2D eigenvalue weighted by Gasteiger charge is 2.23. The first-order chi connectivity index (χ1) is 7.25. The Labute approximate surface area is 87.1 Å². The Hall–Kier alpha value is -1.62. The maximum Gasteiger partial charge on any atom is 0.191 e. The lowest BCUT2D eigenvalue weighted by molar-refractivity contribution is 0.416. The number of nitrogens with zero attached hydrogens (tertiary/aromatic N) is 3. The molecule has 0 spiro atoms. The minimum absolute atomic E-state index is 0.796. The molecule has 5 nitrogen and oxygen atoms in total. The molecule has 78 valence electrons. The monoisotopic (exact) mass is 204 g/mol. The van der Waals surface area contributed by atoms with Crippen molar-refractivity contribution in [2.45, 2.75) is 20.0 Å². The molecule has 0 radical (unpaired) electrons. The fraction of sp³-hybridized carbons (Fsp3) is 0.400. The van der Waals surface area contributed by atoms with Crippen LogP contribution in [0.2, 0.25) is 0 Å². The van der Waals surface area contributed by atoms with Crippen LogP contribution in [0.1, 0.15) is 17.0 Å². The molecule has 0 saturated heterocycles. The predicted molar refractivity (Wildman–Crippen MR) is 54.0 cm³/mol. The highest BCUT2D eigenvalue weighted by Crippen LogP contribution is 2.28. The van der Waals surface area contributed by atoms with Crippen LogP contribution in [0.25, 0.3) is 11.5 Å². The number of hydrogen-bond donors (Lipinski definition) is 1. The molecule has 0 unspecified atom stereocenters. The van der Waals surface area contributed by atoms with Crippen molar-refractivity contribution in [1.82, 2.24) is 20.3 Å². The average molecular weight is 204 g/mol. The molecule has 1 aliphatic heterocycles. The third kappa shape index (κ3) is 1.20. The number of aryl methyl sites for hydroxylation is 2. The largest absolute Gasteiger partial charge is 0.354 e. The first-order valence-corrected chi connectivity index (χ1v) is 4.95. The SMILES string of the molecule is Cc1cc(-c2onc3c2CNC3)nn1C. The zero-order valence-electron chi connectivity index (χ0n) is 8.74. The van der Waals surface area contributed by atoms with Gasteiger partial charge in [-0.15, -0.1) is 0 Å². The van der Waals surface area contributed by atoms with E-state index in [1.165, 1.54) is 0 Å². The van der Waals surface area contributed by atoms with Crippen LogP contribution in [0.4, 0.5) is 0 Å². The number of aromatic nitrogens is 3. The van der Waals surface area contributed by atoms with E-state index in [1.54, 1.807) is 0 Å². The summed E-state index contributed by atoms with van der Waals surface area (Å²) in [5.74, 6) is 0.804. The van der Waals surface area contributed by atoms with Crippen LogP contribution in [0.15, 0.2) is 10.6 Å². The highest BCUT2D eigenvalue weighted by atomic mass is 16.5. The Morgan fingerprint density at radius 2 is 2.33 bits per heavy atom. The number of fused-ring (bicyclic) bond motifs is 1. The van der Waals surface area contributed by atoms with Crippen molar-refractivity contribution in [3.05, 3.63) is 23.0 Å². The van der Waals surface area contributed by atoms with Crippen molar-refractivity contribution in [3.8, 4) is 11.5 Å². The van der Waals surface area contributed by atoms with Crippen LogP contribution in [0.3, 0.4) is 0 Å². The van der Waals surface area contributed by atoms with E-state index in [0.29, 0.717) is 0 Å². The van der Waals surface area contributed by atoms with Crippen LogP contribution in [0.5, 0.6) is 0 Å². The molecule has 2 aromatic heterocycles. The van der Waals surface area contributed by atoms with Gasteiger partial charge in [0.2, 0.25) is 0 Å². The molecule has 5 heteroatoms. The van der Waals surface area contributed by atoms with Crippen molar-refractivity contribution in [2.75, 3.05) is 0 Å².